The molecule has 7 nitrogen and oxygen atoms in total. The molecular formula is C13H22N2O5. The second-order valence-electron chi connectivity index (χ2n) is 5.62. The number of amides is 1. The first-order chi connectivity index (χ1) is 9.50. The minimum absolute atomic E-state index is 0.0450. The summed E-state index contributed by atoms with van der Waals surface area (Å²) >= 11 is 0. The lowest BCUT2D eigenvalue weighted by atomic mass is 9.97. The Morgan fingerprint density at radius 3 is 2.60 bits per heavy atom. The third-order valence-corrected chi connectivity index (χ3v) is 4.01. The van der Waals surface area contributed by atoms with Gasteiger partial charge in [-0.3, -0.25) is 9.59 Å². The minimum atomic E-state index is -0.865. The van der Waals surface area contributed by atoms with Crippen molar-refractivity contribution in [1.29, 1.82) is 0 Å². The van der Waals surface area contributed by atoms with E-state index in [1.54, 1.807) is 4.90 Å². The Kier molecular flexibility index (Phi) is 4.95. The summed E-state index contributed by atoms with van der Waals surface area (Å²) in [6.45, 7) is 2.34. The predicted molar refractivity (Wildman–Crippen MR) is 70.2 cm³/mol. The summed E-state index contributed by atoms with van der Waals surface area (Å²) in [5, 5.41) is 21.9. The number of aliphatic carboxylic acids is 1. The van der Waals surface area contributed by atoms with Gasteiger partial charge in [-0.15, -0.1) is 0 Å². The van der Waals surface area contributed by atoms with E-state index in [-0.39, 0.29) is 18.4 Å². The Morgan fingerprint density at radius 2 is 2.05 bits per heavy atom. The first-order valence-electron chi connectivity index (χ1n) is 7.02. The van der Waals surface area contributed by atoms with Gasteiger partial charge in [-0.2, -0.15) is 0 Å². The number of piperidine rings is 1. The summed E-state index contributed by atoms with van der Waals surface area (Å²) in [5.74, 6) is -1.15. The number of carbonyl (C=O) groups excluding carboxylic acids is 1. The van der Waals surface area contributed by atoms with Crippen molar-refractivity contribution in [3.05, 3.63) is 0 Å². The molecule has 0 bridgehead atoms. The second-order valence-corrected chi connectivity index (χ2v) is 5.62. The van der Waals surface area contributed by atoms with Crippen molar-refractivity contribution in [3.63, 3.8) is 0 Å². The summed E-state index contributed by atoms with van der Waals surface area (Å²) in [6, 6.07) is 0. The SMILES string of the molecule is O=C(O)C1CCN(C(=O)CNCC2(O)CCOC2)CC1. The molecule has 0 aromatic carbocycles. The van der Waals surface area contributed by atoms with Gasteiger partial charge in [0.2, 0.25) is 5.91 Å². The van der Waals surface area contributed by atoms with Gasteiger partial charge in [-0.1, -0.05) is 0 Å². The van der Waals surface area contributed by atoms with Crippen LogP contribution < -0.4 is 5.32 Å². The van der Waals surface area contributed by atoms with Crippen LogP contribution in [0.5, 0.6) is 0 Å². The fraction of sp³-hybridized carbons (Fsp3) is 0.846. The molecule has 1 unspecified atom stereocenters. The van der Waals surface area contributed by atoms with E-state index >= 15 is 0 Å². The molecule has 0 spiro atoms. The van der Waals surface area contributed by atoms with Gasteiger partial charge in [-0.25, -0.2) is 0 Å². The smallest absolute Gasteiger partial charge is 0.306 e. The molecular weight excluding hydrogens is 264 g/mol. The number of aliphatic hydroxyl groups is 1. The summed E-state index contributed by atoms with van der Waals surface area (Å²) < 4.78 is 5.13. The molecule has 2 rings (SSSR count). The van der Waals surface area contributed by atoms with Gasteiger partial charge in [0.05, 0.1) is 19.1 Å². The maximum atomic E-state index is 12.0. The van der Waals surface area contributed by atoms with Crippen LogP contribution in [0.3, 0.4) is 0 Å². The molecule has 3 N–H and O–H groups in total. The van der Waals surface area contributed by atoms with E-state index in [0.29, 0.717) is 52.1 Å². The van der Waals surface area contributed by atoms with Crippen molar-refractivity contribution in [3.8, 4) is 0 Å². The van der Waals surface area contributed by atoms with Crippen LogP contribution in [-0.4, -0.2) is 72.0 Å². The number of nitrogens with one attached hydrogen (secondary N) is 1. The number of hydrogen-bond donors (Lipinski definition) is 3. The van der Waals surface area contributed by atoms with Crippen molar-refractivity contribution < 1.29 is 24.5 Å². The summed E-state index contributed by atoms with van der Waals surface area (Å²) in [4.78, 5) is 24.5. The Morgan fingerprint density at radius 1 is 1.35 bits per heavy atom. The van der Waals surface area contributed by atoms with Crippen molar-refractivity contribution in [2.45, 2.75) is 24.9 Å². The quantitative estimate of drug-likeness (QED) is 0.603. The largest absolute Gasteiger partial charge is 0.481 e. The molecule has 2 heterocycles. The van der Waals surface area contributed by atoms with Crippen LogP contribution in [0.25, 0.3) is 0 Å². The highest BCUT2D eigenvalue weighted by Crippen LogP contribution is 2.18. The molecule has 0 aromatic heterocycles. The third-order valence-electron chi connectivity index (χ3n) is 4.01. The maximum Gasteiger partial charge on any atom is 0.306 e. The van der Waals surface area contributed by atoms with E-state index in [1.807, 2.05) is 0 Å². The fourth-order valence-electron chi connectivity index (χ4n) is 2.63. The number of hydrogen-bond acceptors (Lipinski definition) is 5. The monoisotopic (exact) mass is 286 g/mol. The fourth-order valence-corrected chi connectivity index (χ4v) is 2.63. The Bertz CT molecular complexity index is 360. The van der Waals surface area contributed by atoms with Crippen molar-refractivity contribution in [2.24, 2.45) is 5.92 Å². The van der Waals surface area contributed by atoms with Gasteiger partial charge < -0.3 is 25.2 Å². The highest BCUT2D eigenvalue weighted by Gasteiger charge is 2.32. The molecule has 114 valence electrons. The maximum absolute atomic E-state index is 12.0. The van der Waals surface area contributed by atoms with Crippen LogP contribution >= 0.6 is 0 Å². The Labute approximate surface area is 117 Å². The van der Waals surface area contributed by atoms with Gasteiger partial charge >= 0.3 is 5.97 Å². The number of carbonyl (C=O) groups is 2. The number of nitrogens with zero attached hydrogens (tertiary/aromatic N) is 1. The summed E-state index contributed by atoms with van der Waals surface area (Å²) in [6.07, 6.45) is 1.61. The standard InChI is InChI=1S/C13H22N2O5/c16-11(7-14-8-13(19)3-6-20-9-13)15-4-1-10(2-5-15)12(17)18/h10,14,19H,1-9H2,(H,17,18). The van der Waals surface area contributed by atoms with E-state index in [4.69, 9.17) is 9.84 Å². The topological polar surface area (TPSA) is 99.1 Å². The number of likely N-dealkylation sites (tertiary alicyclic amines) is 1. The summed E-state index contributed by atoms with van der Waals surface area (Å²) in [5.41, 5.74) is -0.865. The molecule has 0 saturated carbocycles. The zero-order valence-corrected chi connectivity index (χ0v) is 11.5. The lowest BCUT2D eigenvalue weighted by Crippen LogP contribution is -2.47. The molecule has 0 aromatic rings. The molecule has 2 aliphatic rings. The molecule has 1 amide bonds. The molecule has 1 atom stereocenters. The molecule has 2 saturated heterocycles. The Balaban J connectivity index is 1.67. The molecule has 2 aliphatic heterocycles. The van der Waals surface area contributed by atoms with Gasteiger partial charge in [0.1, 0.15) is 5.60 Å². The molecule has 7 heteroatoms. The van der Waals surface area contributed by atoms with E-state index in [1.165, 1.54) is 0 Å². The predicted octanol–water partition coefficient (Wildman–Crippen LogP) is -0.949. The molecule has 0 aliphatic carbocycles. The first kappa shape index (κ1) is 15.2. The van der Waals surface area contributed by atoms with E-state index in [2.05, 4.69) is 5.32 Å². The van der Waals surface area contributed by atoms with Crippen LogP contribution in [0.2, 0.25) is 0 Å². The van der Waals surface area contributed by atoms with Crippen LogP contribution in [-0.2, 0) is 14.3 Å². The van der Waals surface area contributed by atoms with Crippen LogP contribution in [0.15, 0.2) is 0 Å². The number of carboxylic acids is 1. The van der Waals surface area contributed by atoms with Crippen LogP contribution in [0.1, 0.15) is 19.3 Å². The molecule has 20 heavy (non-hydrogen) atoms. The minimum Gasteiger partial charge on any atom is -0.481 e. The van der Waals surface area contributed by atoms with Crippen LogP contribution in [0.4, 0.5) is 0 Å². The Hall–Kier alpha value is -1.18. The number of rotatable bonds is 5. The van der Waals surface area contributed by atoms with Crippen molar-refractivity contribution in [2.75, 3.05) is 39.4 Å². The van der Waals surface area contributed by atoms with Gasteiger partial charge in [0.15, 0.2) is 0 Å². The number of carboxylic acid groups (broad SMARTS) is 1. The van der Waals surface area contributed by atoms with E-state index in [9.17, 15) is 14.7 Å². The molecule has 0 radical (unpaired) electrons. The normalized spacial score (nSPS) is 27.8. The average Bonchev–Trinajstić information content (AvgIpc) is 2.85. The highest BCUT2D eigenvalue weighted by atomic mass is 16.5. The summed E-state index contributed by atoms with van der Waals surface area (Å²) in [7, 11) is 0. The van der Waals surface area contributed by atoms with E-state index < -0.39 is 11.6 Å². The molecule has 2 fully saturated rings. The second kappa shape index (κ2) is 6.51. The first-order valence-corrected chi connectivity index (χ1v) is 7.02. The van der Waals surface area contributed by atoms with Crippen molar-refractivity contribution in [1.82, 2.24) is 10.2 Å². The average molecular weight is 286 g/mol. The third kappa shape index (κ3) is 3.91. The number of ether oxygens (including phenoxy) is 1. The van der Waals surface area contributed by atoms with Gasteiger partial charge in [0.25, 0.3) is 0 Å². The van der Waals surface area contributed by atoms with Crippen LogP contribution in [0, 0.1) is 5.92 Å². The lowest BCUT2D eigenvalue weighted by molar-refractivity contribution is -0.145. The van der Waals surface area contributed by atoms with Gasteiger partial charge in [-0.05, 0) is 12.8 Å². The zero-order valence-electron chi connectivity index (χ0n) is 11.5. The van der Waals surface area contributed by atoms with Crippen molar-refractivity contribution >= 4 is 11.9 Å². The van der Waals surface area contributed by atoms with E-state index in [0.717, 1.165) is 0 Å². The zero-order chi connectivity index (χ0) is 14.6. The lowest BCUT2D eigenvalue weighted by Gasteiger charge is -2.30. The van der Waals surface area contributed by atoms with Gasteiger partial charge in [0, 0.05) is 32.7 Å². The highest BCUT2D eigenvalue weighted by molar-refractivity contribution is 5.78.